The molecule has 0 aliphatic rings. The summed E-state index contributed by atoms with van der Waals surface area (Å²) >= 11 is 0. The monoisotopic (exact) mass is 385 g/mol. The molecule has 0 N–H and O–H groups in total. The van der Waals surface area contributed by atoms with Gasteiger partial charge in [-0.3, -0.25) is 0 Å². The molecule has 29 heavy (non-hydrogen) atoms. The highest BCUT2D eigenvalue weighted by Gasteiger charge is 2.23. The number of aromatic nitrogens is 4. The van der Waals surface area contributed by atoms with Crippen LogP contribution in [0.5, 0.6) is 11.6 Å². The van der Waals surface area contributed by atoms with E-state index in [0.29, 0.717) is 35.0 Å². The van der Waals surface area contributed by atoms with E-state index in [-0.39, 0.29) is 0 Å². The topological polar surface area (TPSA) is 85.8 Å². The zero-order chi connectivity index (χ0) is 20.4. The maximum atomic E-state index is 9.97. The van der Waals surface area contributed by atoms with Crippen LogP contribution in [0.15, 0.2) is 48.5 Å². The summed E-state index contributed by atoms with van der Waals surface area (Å²) in [6.45, 7) is 4.15. The van der Waals surface area contributed by atoms with Crippen molar-refractivity contribution in [3.8, 4) is 34.5 Å². The number of ether oxygens (including phenoxy) is 2. The van der Waals surface area contributed by atoms with Gasteiger partial charge in [0.2, 0.25) is 5.88 Å². The second-order valence-corrected chi connectivity index (χ2v) is 6.36. The fraction of sp³-hybridized carbons (Fsp3) is 0.182. The molecule has 0 aliphatic carbocycles. The van der Waals surface area contributed by atoms with Crippen LogP contribution in [0.2, 0.25) is 0 Å². The van der Waals surface area contributed by atoms with Crippen LogP contribution in [0, 0.1) is 18.3 Å². The summed E-state index contributed by atoms with van der Waals surface area (Å²) in [4.78, 5) is 4.56. The Hall–Kier alpha value is -3.92. The number of benzene rings is 2. The van der Waals surface area contributed by atoms with Gasteiger partial charge in [0.1, 0.15) is 22.9 Å². The van der Waals surface area contributed by atoms with Gasteiger partial charge < -0.3 is 9.47 Å². The minimum Gasteiger partial charge on any atom is -0.497 e. The SMILES string of the molecule is CCOc1nc(C)c(-n2nnc3ccccc32)c(-c2ccc(OC)cc2)c1C#N. The summed E-state index contributed by atoms with van der Waals surface area (Å²) in [5.41, 5.74) is 4.88. The average Bonchev–Trinajstić information content (AvgIpc) is 3.17. The number of para-hydroxylation sites is 1. The van der Waals surface area contributed by atoms with Crippen molar-refractivity contribution >= 4 is 11.0 Å². The molecule has 0 atom stereocenters. The van der Waals surface area contributed by atoms with Gasteiger partial charge in [0.25, 0.3) is 0 Å². The van der Waals surface area contributed by atoms with Crippen LogP contribution in [0.1, 0.15) is 18.2 Å². The number of methoxy groups -OCH3 is 1. The molecule has 2 aromatic carbocycles. The summed E-state index contributed by atoms with van der Waals surface area (Å²) < 4.78 is 12.7. The molecular formula is C22H19N5O2. The first kappa shape index (κ1) is 18.4. The molecule has 0 saturated heterocycles. The average molecular weight is 385 g/mol. The Morgan fingerprint density at radius 2 is 1.86 bits per heavy atom. The van der Waals surface area contributed by atoms with Crippen LogP contribution in [-0.2, 0) is 0 Å². The molecule has 144 valence electrons. The van der Waals surface area contributed by atoms with Crippen molar-refractivity contribution in [3.63, 3.8) is 0 Å². The summed E-state index contributed by atoms with van der Waals surface area (Å²) in [5.74, 6) is 1.04. The Morgan fingerprint density at radius 3 is 2.55 bits per heavy atom. The number of nitrogens with zero attached hydrogens (tertiary/aromatic N) is 5. The number of hydrogen-bond donors (Lipinski definition) is 0. The van der Waals surface area contributed by atoms with E-state index in [1.54, 1.807) is 11.8 Å². The number of fused-ring (bicyclic) bond motifs is 1. The molecule has 0 spiro atoms. The zero-order valence-corrected chi connectivity index (χ0v) is 16.4. The second kappa shape index (κ2) is 7.60. The third-order valence-electron chi connectivity index (χ3n) is 4.65. The summed E-state index contributed by atoms with van der Waals surface area (Å²) in [6.07, 6.45) is 0. The third kappa shape index (κ3) is 3.15. The van der Waals surface area contributed by atoms with E-state index in [9.17, 15) is 5.26 Å². The highest BCUT2D eigenvalue weighted by molar-refractivity contribution is 5.85. The van der Waals surface area contributed by atoms with Crippen molar-refractivity contribution in [1.82, 2.24) is 20.0 Å². The molecule has 0 amide bonds. The first-order chi connectivity index (χ1) is 14.2. The highest BCUT2D eigenvalue weighted by Crippen LogP contribution is 2.37. The molecule has 7 nitrogen and oxygen atoms in total. The molecular weight excluding hydrogens is 366 g/mol. The number of rotatable bonds is 5. The lowest BCUT2D eigenvalue weighted by Crippen LogP contribution is -2.09. The predicted molar refractivity (Wildman–Crippen MR) is 109 cm³/mol. The van der Waals surface area contributed by atoms with E-state index in [1.807, 2.05) is 62.4 Å². The Balaban J connectivity index is 2.08. The Morgan fingerprint density at radius 1 is 1.10 bits per heavy atom. The Kier molecular flexibility index (Phi) is 4.83. The lowest BCUT2D eigenvalue weighted by Gasteiger charge is -2.17. The fourth-order valence-corrected chi connectivity index (χ4v) is 3.34. The van der Waals surface area contributed by atoms with E-state index in [1.165, 1.54) is 0 Å². The van der Waals surface area contributed by atoms with Crippen molar-refractivity contribution in [1.29, 1.82) is 5.26 Å². The molecule has 4 aromatic rings. The molecule has 4 rings (SSSR count). The summed E-state index contributed by atoms with van der Waals surface area (Å²) in [5, 5.41) is 18.6. The normalized spacial score (nSPS) is 10.7. The van der Waals surface area contributed by atoms with Crippen LogP contribution in [0.25, 0.3) is 27.8 Å². The molecule has 0 unspecified atom stereocenters. The maximum absolute atomic E-state index is 9.97. The first-order valence-corrected chi connectivity index (χ1v) is 9.20. The van der Waals surface area contributed by atoms with Gasteiger partial charge in [-0.25, -0.2) is 9.67 Å². The molecule has 0 radical (unpaired) electrons. The van der Waals surface area contributed by atoms with Crippen LogP contribution < -0.4 is 9.47 Å². The largest absolute Gasteiger partial charge is 0.497 e. The molecule has 0 fully saturated rings. The quantitative estimate of drug-likeness (QED) is 0.515. The van der Waals surface area contributed by atoms with Crippen LogP contribution in [-0.4, -0.2) is 33.7 Å². The number of aryl methyl sites for hydroxylation is 1. The number of hydrogen-bond acceptors (Lipinski definition) is 6. The lowest BCUT2D eigenvalue weighted by atomic mass is 9.98. The smallest absolute Gasteiger partial charge is 0.232 e. The molecule has 0 bridgehead atoms. The third-order valence-corrected chi connectivity index (χ3v) is 4.65. The van der Waals surface area contributed by atoms with Gasteiger partial charge in [0.05, 0.1) is 30.6 Å². The van der Waals surface area contributed by atoms with Gasteiger partial charge in [-0.2, -0.15) is 5.26 Å². The van der Waals surface area contributed by atoms with Gasteiger partial charge in [-0.1, -0.05) is 29.5 Å². The van der Waals surface area contributed by atoms with Crippen molar-refractivity contribution < 1.29 is 9.47 Å². The summed E-state index contributed by atoms with van der Waals surface area (Å²) in [6, 6.07) is 17.5. The standard InChI is InChI=1S/C22H19N5O2/c1-4-29-22-17(13-23)20(15-9-11-16(28-3)12-10-15)21(14(2)24-22)27-19-8-6-5-7-18(19)25-26-27/h5-12H,4H2,1-3H3. The van der Waals surface area contributed by atoms with E-state index in [4.69, 9.17) is 9.47 Å². The van der Waals surface area contributed by atoms with Crippen molar-refractivity contribution in [2.45, 2.75) is 13.8 Å². The van der Waals surface area contributed by atoms with E-state index in [2.05, 4.69) is 21.4 Å². The van der Waals surface area contributed by atoms with Crippen molar-refractivity contribution in [3.05, 3.63) is 59.8 Å². The number of pyridine rings is 1. The van der Waals surface area contributed by atoms with Gasteiger partial charge in [0, 0.05) is 5.56 Å². The van der Waals surface area contributed by atoms with Crippen molar-refractivity contribution in [2.75, 3.05) is 13.7 Å². The molecule has 7 heteroatoms. The molecule has 0 saturated carbocycles. The van der Waals surface area contributed by atoms with Gasteiger partial charge >= 0.3 is 0 Å². The fourth-order valence-electron chi connectivity index (χ4n) is 3.34. The minimum atomic E-state index is 0.312. The predicted octanol–water partition coefficient (Wildman–Crippen LogP) is 4.07. The molecule has 2 aromatic heterocycles. The lowest BCUT2D eigenvalue weighted by molar-refractivity contribution is 0.325. The van der Waals surface area contributed by atoms with Crippen molar-refractivity contribution in [2.24, 2.45) is 0 Å². The highest BCUT2D eigenvalue weighted by atomic mass is 16.5. The van der Waals surface area contributed by atoms with Crippen LogP contribution in [0.4, 0.5) is 0 Å². The van der Waals surface area contributed by atoms with E-state index in [0.717, 1.165) is 22.3 Å². The zero-order valence-electron chi connectivity index (χ0n) is 16.4. The van der Waals surface area contributed by atoms with Crippen LogP contribution in [0.3, 0.4) is 0 Å². The van der Waals surface area contributed by atoms with Gasteiger partial charge in [-0.15, -0.1) is 5.10 Å². The maximum Gasteiger partial charge on any atom is 0.232 e. The summed E-state index contributed by atoms with van der Waals surface area (Å²) in [7, 11) is 1.62. The Bertz CT molecular complexity index is 1220. The second-order valence-electron chi connectivity index (χ2n) is 6.36. The van der Waals surface area contributed by atoms with E-state index >= 15 is 0 Å². The first-order valence-electron chi connectivity index (χ1n) is 9.20. The van der Waals surface area contributed by atoms with Gasteiger partial charge in [-0.05, 0) is 43.7 Å². The number of nitriles is 1. The van der Waals surface area contributed by atoms with Gasteiger partial charge in [0.15, 0.2) is 0 Å². The Labute approximate surface area is 168 Å². The minimum absolute atomic E-state index is 0.312. The molecule has 2 heterocycles. The molecule has 0 aliphatic heterocycles. The van der Waals surface area contributed by atoms with E-state index < -0.39 is 0 Å². The van der Waals surface area contributed by atoms with Crippen LogP contribution >= 0.6 is 0 Å².